The molecule has 0 aliphatic rings. The molecule has 0 aromatic rings. The summed E-state index contributed by atoms with van der Waals surface area (Å²) < 4.78 is 14.0. The van der Waals surface area contributed by atoms with Gasteiger partial charge in [0.05, 0.1) is 12.2 Å². The van der Waals surface area contributed by atoms with E-state index in [9.17, 15) is 10.2 Å². The van der Waals surface area contributed by atoms with Gasteiger partial charge in [0, 0.05) is 13.2 Å². The Kier molecular flexibility index (Phi) is 13.2. The summed E-state index contributed by atoms with van der Waals surface area (Å²) in [6, 6.07) is 0. The summed E-state index contributed by atoms with van der Waals surface area (Å²) in [7, 11) is -3.86. The van der Waals surface area contributed by atoms with E-state index in [-0.39, 0.29) is 35.5 Å². The van der Waals surface area contributed by atoms with Gasteiger partial charge in [0.15, 0.2) is 16.6 Å². The number of aliphatic hydroxyl groups excluding tert-OH is 2. The van der Waals surface area contributed by atoms with Crippen LogP contribution in [0.4, 0.5) is 0 Å². The first-order valence-corrected chi connectivity index (χ1v) is 18.0. The second-order valence-corrected chi connectivity index (χ2v) is 21.5. The van der Waals surface area contributed by atoms with Crippen LogP contribution >= 0.6 is 0 Å². The maximum absolute atomic E-state index is 9.18. The van der Waals surface area contributed by atoms with Gasteiger partial charge in [-0.1, -0.05) is 67.2 Å². The molecule has 0 aromatic heterocycles. The van der Waals surface area contributed by atoms with Crippen molar-refractivity contribution in [1.82, 2.24) is 0 Å². The first kappa shape index (κ1) is 30.3. The minimum Gasteiger partial charge on any atom is -0.411 e. The van der Waals surface area contributed by atoms with Gasteiger partial charge in [-0.05, 0) is 61.9 Å². The van der Waals surface area contributed by atoms with Gasteiger partial charge in [-0.25, -0.2) is 0 Å². The number of hydrogen-bond donors (Lipinski definition) is 2. The zero-order valence-electron chi connectivity index (χ0n) is 21.9. The quantitative estimate of drug-likeness (QED) is 0.206. The highest BCUT2D eigenvalue weighted by molar-refractivity contribution is 6.74. The second kappa shape index (κ2) is 13.1. The number of aliphatic hydroxyl groups is 2. The molecule has 0 amide bonds. The Hall–Kier alpha value is 0.274. The van der Waals surface area contributed by atoms with E-state index in [4.69, 9.17) is 8.85 Å². The molecule has 4 nitrogen and oxygen atoms in total. The van der Waals surface area contributed by atoms with Crippen LogP contribution in [0.5, 0.6) is 0 Å². The molecule has 0 heterocycles. The van der Waals surface area contributed by atoms with Crippen molar-refractivity contribution in [3.8, 4) is 0 Å². The fourth-order valence-corrected chi connectivity index (χ4v) is 5.78. The zero-order chi connectivity index (χ0) is 23.6. The molecule has 0 aliphatic heterocycles. The minimum absolute atomic E-state index is 0.104. The molecule has 0 unspecified atom stereocenters. The summed E-state index contributed by atoms with van der Waals surface area (Å²) in [4.78, 5) is 0. The van der Waals surface area contributed by atoms with Gasteiger partial charge in [-0.3, -0.25) is 0 Å². The molecule has 0 aromatic carbocycles. The van der Waals surface area contributed by atoms with Crippen LogP contribution in [0.1, 0.15) is 92.9 Å². The summed E-state index contributed by atoms with van der Waals surface area (Å²) >= 11 is 0. The second-order valence-electron chi connectivity index (χ2n) is 12.0. The highest BCUT2D eigenvalue weighted by atomic mass is 28.4. The van der Waals surface area contributed by atoms with Crippen molar-refractivity contribution in [1.29, 1.82) is 0 Å². The van der Waals surface area contributed by atoms with Gasteiger partial charge in [0.2, 0.25) is 0 Å². The molecule has 0 aliphatic carbocycles. The van der Waals surface area contributed by atoms with Crippen LogP contribution in [0, 0.1) is 0 Å². The van der Waals surface area contributed by atoms with E-state index < -0.39 is 16.6 Å². The third kappa shape index (κ3) is 10.7. The van der Waals surface area contributed by atoms with E-state index in [1.165, 1.54) is 0 Å². The lowest BCUT2D eigenvalue weighted by atomic mass is 10.0. The molecule has 6 heteroatoms. The summed E-state index contributed by atoms with van der Waals surface area (Å²) in [6.45, 7) is 23.7. The lowest BCUT2D eigenvalue weighted by Gasteiger charge is -2.45. The van der Waals surface area contributed by atoms with Crippen LogP contribution in [0.3, 0.4) is 0 Å². The predicted molar refractivity (Wildman–Crippen MR) is 135 cm³/mol. The van der Waals surface area contributed by atoms with Crippen LogP contribution in [0.2, 0.25) is 36.3 Å². The largest absolute Gasteiger partial charge is 0.411 e. The van der Waals surface area contributed by atoms with E-state index in [0.717, 1.165) is 51.4 Å². The Labute approximate surface area is 190 Å². The fourth-order valence-electron chi connectivity index (χ4n) is 3.02. The predicted octanol–water partition coefficient (Wildman–Crippen LogP) is 6.87. The molecular weight excluding hydrogens is 408 g/mol. The van der Waals surface area contributed by atoms with Gasteiger partial charge in [-0.15, -0.1) is 0 Å². The third-order valence-electron chi connectivity index (χ3n) is 7.21. The highest BCUT2D eigenvalue weighted by Crippen LogP contribution is 2.41. The fraction of sp³-hybridized carbons (Fsp3) is 1.00. The first-order valence-electron chi connectivity index (χ1n) is 12.2. The average molecular weight is 463 g/mol. The maximum Gasteiger partial charge on any atom is 0.192 e. The number of unbranched alkanes of at least 4 members (excludes halogenated alkanes) is 4. The molecule has 0 saturated carbocycles. The summed E-state index contributed by atoms with van der Waals surface area (Å²) in [6.07, 6.45) is 8.10. The van der Waals surface area contributed by atoms with Crippen LogP contribution in [0.25, 0.3) is 0 Å². The monoisotopic (exact) mass is 462 g/mol. The van der Waals surface area contributed by atoms with Crippen molar-refractivity contribution >= 4 is 16.6 Å². The maximum atomic E-state index is 9.18. The molecule has 2 N–H and O–H groups in total. The Bertz CT molecular complexity index is 411. The van der Waals surface area contributed by atoms with Gasteiger partial charge in [-0.2, -0.15) is 0 Å². The van der Waals surface area contributed by atoms with Crippen LogP contribution in [-0.2, 0) is 8.85 Å². The SMILES string of the molecule is CC(C)(C)[Si](C)(C)O[C@@H](CCCCCO)[C@@H](CCCCCO)O[Si](C)(C)C(C)(C)C. The molecule has 2 atom stereocenters. The standard InChI is InChI=1S/C24H54O4Si2/c1-23(2,3)29(7,8)27-21(17-13-11-15-19-25)22(18-14-12-16-20-26)28-30(9,10)24(4,5)6/h21-22,25-26H,11-20H2,1-10H3/t21-,22+. The Balaban J connectivity index is 5.65. The van der Waals surface area contributed by atoms with E-state index in [1.54, 1.807) is 0 Å². The van der Waals surface area contributed by atoms with Crippen molar-refractivity contribution in [2.45, 2.75) is 141 Å². The van der Waals surface area contributed by atoms with Gasteiger partial charge in [0.1, 0.15) is 0 Å². The number of rotatable bonds is 15. The lowest BCUT2D eigenvalue weighted by molar-refractivity contribution is 0.0221. The van der Waals surface area contributed by atoms with E-state index in [1.807, 2.05) is 0 Å². The Morgan fingerprint density at radius 1 is 0.567 bits per heavy atom. The van der Waals surface area contributed by atoms with Gasteiger partial charge in [0.25, 0.3) is 0 Å². The lowest BCUT2D eigenvalue weighted by Crippen LogP contribution is -2.51. The van der Waals surface area contributed by atoms with Crippen molar-refractivity contribution in [3.63, 3.8) is 0 Å². The smallest absolute Gasteiger partial charge is 0.192 e. The molecular formula is C24H54O4Si2. The Morgan fingerprint density at radius 2 is 0.867 bits per heavy atom. The van der Waals surface area contributed by atoms with E-state index in [0.29, 0.717) is 0 Å². The molecule has 30 heavy (non-hydrogen) atoms. The molecule has 182 valence electrons. The molecule has 0 fully saturated rings. The zero-order valence-corrected chi connectivity index (χ0v) is 23.9. The third-order valence-corrected chi connectivity index (χ3v) is 16.2. The average Bonchev–Trinajstić information content (AvgIpc) is 2.58. The molecule has 0 rings (SSSR count). The van der Waals surface area contributed by atoms with Crippen molar-refractivity contribution < 1.29 is 19.1 Å². The molecule has 0 spiro atoms. The van der Waals surface area contributed by atoms with Crippen LogP contribution in [-0.4, -0.2) is 52.3 Å². The minimum atomic E-state index is -1.93. The van der Waals surface area contributed by atoms with E-state index in [2.05, 4.69) is 67.7 Å². The molecule has 0 radical (unpaired) electrons. The summed E-state index contributed by atoms with van der Waals surface area (Å²) in [5.74, 6) is 0. The summed E-state index contributed by atoms with van der Waals surface area (Å²) in [5, 5.41) is 18.7. The Morgan fingerprint density at radius 3 is 1.10 bits per heavy atom. The normalized spacial score (nSPS) is 16.0. The number of hydrogen-bond acceptors (Lipinski definition) is 4. The van der Waals surface area contributed by atoms with Gasteiger partial charge >= 0.3 is 0 Å². The molecule has 0 saturated heterocycles. The van der Waals surface area contributed by atoms with Crippen LogP contribution < -0.4 is 0 Å². The van der Waals surface area contributed by atoms with Crippen molar-refractivity contribution in [3.05, 3.63) is 0 Å². The highest BCUT2D eigenvalue weighted by Gasteiger charge is 2.44. The van der Waals surface area contributed by atoms with Gasteiger partial charge < -0.3 is 19.1 Å². The topological polar surface area (TPSA) is 58.9 Å². The molecule has 0 bridgehead atoms. The van der Waals surface area contributed by atoms with Crippen molar-refractivity contribution in [2.24, 2.45) is 0 Å². The first-order chi connectivity index (χ1) is 13.6. The van der Waals surface area contributed by atoms with Crippen molar-refractivity contribution in [2.75, 3.05) is 13.2 Å². The summed E-state index contributed by atoms with van der Waals surface area (Å²) in [5.41, 5.74) is 0. The van der Waals surface area contributed by atoms with E-state index >= 15 is 0 Å². The van der Waals surface area contributed by atoms with Crippen LogP contribution in [0.15, 0.2) is 0 Å².